The van der Waals surface area contributed by atoms with E-state index in [-0.39, 0.29) is 0 Å². The van der Waals surface area contributed by atoms with Gasteiger partial charge in [-0.2, -0.15) is 4.39 Å². The van der Waals surface area contributed by atoms with Gasteiger partial charge in [0.2, 0.25) is 0 Å². The Bertz CT molecular complexity index is 402. The standard InChI is InChI=1S/C10H12F6OS/c1-8(9-5-3-2-4-6-9)7-17-10(11)18(12,13,14,15)16/h2-6,8,10H,7H2,1H3/t8-,10?/m1/s1. The lowest BCUT2D eigenvalue weighted by Gasteiger charge is -2.42. The fraction of sp³-hybridized carbons (Fsp3) is 0.400. The Balaban J connectivity index is 2.63. The summed E-state index contributed by atoms with van der Waals surface area (Å²) in [4.78, 5) is 0. The molecule has 0 fully saturated rings. The maximum absolute atomic E-state index is 12.5. The molecule has 0 heterocycles. The van der Waals surface area contributed by atoms with Crippen LogP contribution in [0.3, 0.4) is 0 Å². The van der Waals surface area contributed by atoms with Gasteiger partial charge in [0.05, 0.1) is 6.61 Å². The molecule has 1 aromatic carbocycles. The number of halogens is 6. The number of ether oxygens (including phenoxy) is 1. The molecule has 0 radical (unpaired) electrons. The van der Waals surface area contributed by atoms with E-state index in [1.165, 1.54) is 6.92 Å². The number of benzene rings is 1. The van der Waals surface area contributed by atoms with Crippen LogP contribution in [0.1, 0.15) is 18.4 Å². The van der Waals surface area contributed by atoms with E-state index in [0.29, 0.717) is 5.56 Å². The van der Waals surface area contributed by atoms with E-state index in [4.69, 9.17) is 0 Å². The highest BCUT2D eigenvalue weighted by Gasteiger charge is 2.72. The summed E-state index contributed by atoms with van der Waals surface area (Å²) in [6, 6.07) is 8.11. The van der Waals surface area contributed by atoms with Gasteiger partial charge in [0.15, 0.2) is 0 Å². The molecule has 106 valence electrons. The maximum atomic E-state index is 12.5. The van der Waals surface area contributed by atoms with Crippen molar-refractivity contribution in [1.82, 2.24) is 0 Å². The van der Waals surface area contributed by atoms with Crippen molar-refractivity contribution in [3.05, 3.63) is 35.9 Å². The van der Waals surface area contributed by atoms with Crippen molar-refractivity contribution in [3.63, 3.8) is 0 Å². The van der Waals surface area contributed by atoms with Crippen LogP contribution < -0.4 is 0 Å². The van der Waals surface area contributed by atoms with E-state index >= 15 is 0 Å². The van der Waals surface area contributed by atoms with Gasteiger partial charge in [0, 0.05) is 5.92 Å². The quantitative estimate of drug-likeness (QED) is 0.664. The second kappa shape index (κ2) is 4.06. The molecule has 1 nitrogen and oxygen atoms in total. The monoisotopic (exact) mass is 294 g/mol. The summed E-state index contributed by atoms with van der Waals surface area (Å²) in [6.45, 7) is 0.671. The molecule has 8 heteroatoms. The summed E-state index contributed by atoms with van der Waals surface area (Å²) < 4.78 is 76.0. The minimum absolute atomic E-state index is 0.576. The first-order valence-corrected chi connectivity index (χ1v) is 6.95. The molecular formula is C10H12F6OS. The Morgan fingerprint density at radius 3 is 2.00 bits per heavy atom. The third kappa shape index (κ3) is 4.41. The fourth-order valence-corrected chi connectivity index (χ4v) is 1.56. The van der Waals surface area contributed by atoms with Crippen LogP contribution in [0.15, 0.2) is 30.3 Å². The van der Waals surface area contributed by atoms with Gasteiger partial charge in [-0.05, 0) is 5.56 Å². The lowest BCUT2D eigenvalue weighted by Crippen LogP contribution is -2.25. The molecule has 2 atom stereocenters. The second-order valence-corrected chi connectivity index (χ2v) is 6.38. The minimum atomic E-state index is -10.2. The fourth-order valence-electron chi connectivity index (χ4n) is 1.23. The first kappa shape index (κ1) is 15.2. The zero-order valence-corrected chi connectivity index (χ0v) is 10.1. The van der Waals surface area contributed by atoms with Crippen LogP contribution >= 0.6 is 10.2 Å². The van der Waals surface area contributed by atoms with Crippen molar-refractivity contribution >= 4 is 10.2 Å². The molecule has 0 saturated heterocycles. The number of rotatable bonds is 5. The Kier molecular flexibility index (Phi) is 3.42. The highest BCUT2D eigenvalue weighted by molar-refractivity contribution is 8.46. The number of alkyl halides is 1. The lowest BCUT2D eigenvalue weighted by molar-refractivity contribution is -0.0131. The normalized spacial score (nSPS) is 19.7. The molecule has 0 aliphatic carbocycles. The Labute approximate surface area is 100 Å². The first-order chi connectivity index (χ1) is 7.90. The second-order valence-electron chi connectivity index (χ2n) is 3.95. The first-order valence-electron chi connectivity index (χ1n) is 4.93. The molecule has 0 bridgehead atoms. The van der Waals surface area contributed by atoms with Crippen molar-refractivity contribution in [3.8, 4) is 0 Å². The smallest absolute Gasteiger partial charge is 0.333 e. The zero-order chi connectivity index (χ0) is 14.1. The van der Waals surface area contributed by atoms with E-state index in [1.54, 1.807) is 30.3 Å². The highest BCUT2D eigenvalue weighted by atomic mass is 32.5. The summed E-state index contributed by atoms with van der Waals surface area (Å²) >= 11 is 0. The van der Waals surface area contributed by atoms with E-state index in [2.05, 4.69) is 4.74 Å². The topological polar surface area (TPSA) is 9.23 Å². The van der Waals surface area contributed by atoms with E-state index < -0.39 is 28.4 Å². The molecule has 1 rings (SSSR count). The predicted molar refractivity (Wildman–Crippen MR) is 58.8 cm³/mol. The van der Waals surface area contributed by atoms with Gasteiger partial charge in [-0.15, -0.1) is 0 Å². The van der Waals surface area contributed by atoms with Crippen LogP contribution in [0.2, 0.25) is 0 Å². The molecule has 0 aliphatic rings. The number of hydrogen-bond donors (Lipinski definition) is 0. The van der Waals surface area contributed by atoms with Gasteiger partial charge in [-0.3, -0.25) is 0 Å². The molecule has 0 spiro atoms. The van der Waals surface area contributed by atoms with Crippen molar-refractivity contribution in [2.24, 2.45) is 0 Å². The third-order valence-electron chi connectivity index (χ3n) is 2.20. The summed E-state index contributed by atoms with van der Waals surface area (Å²) in [5, 5.41) is 0. The molecule has 0 aromatic heterocycles. The van der Waals surface area contributed by atoms with Crippen LogP contribution in [0, 0.1) is 0 Å². The van der Waals surface area contributed by atoms with E-state index in [0.717, 1.165) is 0 Å². The Morgan fingerprint density at radius 2 is 1.56 bits per heavy atom. The summed E-state index contributed by atoms with van der Waals surface area (Å²) in [6.07, 6.45) is 0. The molecule has 0 amide bonds. The summed E-state index contributed by atoms with van der Waals surface area (Å²) in [5.74, 6) is -0.621. The molecule has 0 aliphatic heterocycles. The average Bonchev–Trinajstić information content (AvgIpc) is 2.23. The average molecular weight is 294 g/mol. The zero-order valence-electron chi connectivity index (χ0n) is 9.33. The summed E-state index contributed by atoms with van der Waals surface area (Å²) in [7, 11) is -10.2. The highest BCUT2D eigenvalue weighted by Crippen LogP contribution is 3.00. The third-order valence-corrected chi connectivity index (χ3v) is 3.03. The molecule has 1 aromatic rings. The molecule has 0 N–H and O–H groups in total. The van der Waals surface area contributed by atoms with Crippen LogP contribution in [0.25, 0.3) is 0 Å². The van der Waals surface area contributed by atoms with Crippen molar-refractivity contribution in [1.29, 1.82) is 0 Å². The molecule has 18 heavy (non-hydrogen) atoms. The van der Waals surface area contributed by atoms with Gasteiger partial charge in [0.1, 0.15) is 0 Å². The van der Waals surface area contributed by atoms with E-state index in [9.17, 15) is 23.8 Å². The predicted octanol–water partition coefficient (Wildman–Crippen LogP) is 5.36. The molecular weight excluding hydrogens is 282 g/mol. The minimum Gasteiger partial charge on any atom is -0.333 e. The number of hydrogen-bond acceptors (Lipinski definition) is 1. The van der Waals surface area contributed by atoms with Crippen molar-refractivity contribution in [2.75, 3.05) is 6.61 Å². The Morgan fingerprint density at radius 1 is 1.06 bits per heavy atom. The van der Waals surface area contributed by atoms with Gasteiger partial charge >= 0.3 is 15.9 Å². The molecule has 1 unspecified atom stereocenters. The van der Waals surface area contributed by atoms with Crippen LogP contribution in [-0.4, -0.2) is 12.3 Å². The summed E-state index contributed by atoms with van der Waals surface area (Å²) in [5.41, 5.74) is -3.96. The maximum Gasteiger partial charge on any atom is 0.338 e. The lowest BCUT2D eigenvalue weighted by atomic mass is 10.0. The largest absolute Gasteiger partial charge is 0.338 e. The van der Waals surface area contributed by atoms with Gasteiger partial charge in [-0.25, -0.2) is 0 Å². The van der Waals surface area contributed by atoms with Gasteiger partial charge < -0.3 is 4.74 Å². The van der Waals surface area contributed by atoms with Crippen molar-refractivity contribution < 1.29 is 28.6 Å². The molecule has 0 saturated carbocycles. The van der Waals surface area contributed by atoms with Crippen LogP contribution in [-0.2, 0) is 4.74 Å². The van der Waals surface area contributed by atoms with Gasteiger partial charge in [-0.1, -0.05) is 56.7 Å². The van der Waals surface area contributed by atoms with Gasteiger partial charge in [0.25, 0.3) is 0 Å². The van der Waals surface area contributed by atoms with Crippen LogP contribution in [0.4, 0.5) is 23.8 Å². The Hall–Kier alpha value is -0.890. The van der Waals surface area contributed by atoms with Crippen molar-refractivity contribution in [2.45, 2.75) is 18.5 Å². The SMILES string of the molecule is C[C@H](COC(F)S(F)(F)(F)(F)F)c1ccccc1. The van der Waals surface area contributed by atoms with Crippen LogP contribution in [0.5, 0.6) is 0 Å². The van der Waals surface area contributed by atoms with E-state index in [1.807, 2.05) is 0 Å².